The first kappa shape index (κ1) is 17.4. The molecule has 1 atom stereocenters. The van der Waals surface area contributed by atoms with Gasteiger partial charge in [0.25, 0.3) is 5.91 Å². The summed E-state index contributed by atoms with van der Waals surface area (Å²) in [5.41, 5.74) is 1.74. The highest BCUT2D eigenvalue weighted by Crippen LogP contribution is 2.40. The molecule has 27 heavy (non-hydrogen) atoms. The van der Waals surface area contributed by atoms with E-state index in [0.717, 1.165) is 16.9 Å². The molecule has 4 rings (SSSR count). The molecule has 2 heterocycles. The Kier molecular flexibility index (Phi) is 4.26. The van der Waals surface area contributed by atoms with E-state index >= 15 is 0 Å². The second-order valence-electron chi connectivity index (χ2n) is 6.96. The van der Waals surface area contributed by atoms with Gasteiger partial charge in [0.15, 0.2) is 5.54 Å². The van der Waals surface area contributed by atoms with Gasteiger partial charge in [0.2, 0.25) is 0 Å². The van der Waals surface area contributed by atoms with E-state index in [1.807, 2.05) is 56.3 Å². The standard InChI is InChI=1S/C21H22N2O4/c1-14-6-5-7-15(2)18(14)27-13-11-23-19(24)21(22-20(23)25)10-12-26-17-9-4-3-8-16(17)21/h3-9H,10-13H2,1-2H3,(H,22,25)/t21-/m1/s1. The highest BCUT2D eigenvalue weighted by molar-refractivity contribution is 6.08. The summed E-state index contributed by atoms with van der Waals surface area (Å²) in [6, 6.07) is 12.9. The van der Waals surface area contributed by atoms with Crippen molar-refractivity contribution in [1.29, 1.82) is 0 Å². The van der Waals surface area contributed by atoms with Gasteiger partial charge in [-0.05, 0) is 31.0 Å². The zero-order chi connectivity index (χ0) is 19.0. The lowest BCUT2D eigenvalue weighted by atomic mass is 9.84. The Morgan fingerprint density at radius 3 is 2.63 bits per heavy atom. The van der Waals surface area contributed by atoms with E-state index in [0.29, 0.717) is 24.3 Å². The van der Waals surface area contributed by atoms with Crippen LogP contribution in [-0.4, -0.2) is 36.6 Å². The first-order chi connectivity index (χ1) is 13.0. The Balaban J connectivity index is 1.51. The molecule has 2 aromatic rings. The van der Waals surface area contributed by atoms with Crippen LogP contribution in [0.1, 0.15) is 23.1 Å². The van der Waals surface area contributed by atoms with Crippen LogP contribution in [0.4, 0.5) is 4.79 Å². The third-order valence-electron chi connectivity index (χ3n) is 5.23. The van der Waals surface area contributed by atoms with Gasteiger partial charge in [0, 0.05) is 12.0 Å². The first-order valence-corrected chi connectivity index (χ1v) is 9.08. The van der Waals surface area contributed by atoms with Crippen LogP contribution in [0.5, 0.6) is 11.5 Å². The Morgan fingerprint density at radius 2 is 1.85 bits per heavy atom. The summed E-state index contributed by atoms with van der Waals surface area (Å²) in [4.78, 5) is 27.0. The molecule has 140 valence electrons. The molecule has 6 nitrogen and oxygen atoms in total. The molecule has 1 saturated heterocycles. The summed E-state index contributed by atoms with van der Waals surface area (Å²) < 4.78 is 11.5. The van der Waals surface area contributed by atoms with Crippen LogP contribution >= 0.6 is 0 Å². The summed E-state index contributed by atoms with van der Waals surface area (Å²) in [6.07, 6.45) is 0.419. The molecule has 0 bridgehead atoms. The zero-order valence-corrected chi connectivity index (χ0v) is 15.5. The minimum Gasteiger partial charge on any atom is -0.493 e. The van der Waals surface area contributed by atoms with Gasteiger partial charge in [-0.1, -0.05) is 36.4 Å². The largest absolute Gasteiger partial charge is 0.493 e. The number of amides is 3. The number of nitrogens with one attached hydrogen (secondary N) is 1. The monoisotopic (exact) mass is 366 g/mol. The SMILES string of the molecule is Cc1cccc(C)c1OCCN1C(=O)N[C@@]2(CCOc3ccccc32)C1=O. The highest BCUT2D eigenvalue weighted by atomic mass is 16.5. The number of carbonyl (C=O) groups is 2. The average molecular weight is 366 g/mol. The molecule has 0 radical (unpaired) electrons. The van der Waals surface area contributed by atoms with Gasteiger partial charge < -0.3 is 14.8 Å². The quantitative estimate of drug-likeness (QED) is 0.845. The topological polar surface area (TPSA) is 67.9 Å². The Bertz CT molecular complexity index is 891. The molecule has 6 heteroatoms. The maximum Gasteiger partial charge on any atom is 0.325 e. The van der Waals surface area contributed by atoms with Gasteiger partial charge in [-0.15, -0.1) is 0 Å². The van der Waals surface area contributed by atoms with Crippen LogP contribution in [0, 0.1) is 13.8 Å². The van der Waals surface area contributed by atoms with E-state index < -0.39 is 5.54 Å². The van der Waals surface area contributed by atoms with Crippen LogP contribution in [0.15, 0.2) is 42.5 Å². The summed E-state index contributed by atoms with van der Waals surface area (Å²) >= 11 is 0. The van der Waals surface area contributed by atoms with Crippen molar-refractivity contribution in [3.8, 4) is 11.5 Å². The molecule has 0 aliphatic carbocycles. The normalized spacial score (nSPS) is 21.0. The molecular weight excluding hydrogens is 344 g/mol. The number of aryl methyl sites for hydroxylation is 2. The lowest BCUT2D eigenvalue weighted by Gasteiger charge is -2.33. The zero-order valence-electron chi connectivity index (χ0n) is 15.5. The lowest BCUT2D eigenvalue weighted by Crippen LogP contribution is -2.47. The van der Waals surface area contributed by atoms with Crippen LogP contribution in [-0.2, 0) is 10.3 Å². The van der Waals surface area contributed by atoms with Crippen molar-refractivity contribution in [1.82, 2.24) is 10.2 Å². The molecule has 0 saturated carbocycles. The lowest BCUT2D eigenvalue weighted by molar-refractivity contribution is -0.132. The second kappa shape index (κ2) is 6.61. The number of para-hydroxylation sites is 2. The van der Waals surface area contributed by atoms with E-state index in [1.54, 1.807) is 0 Å². The molecule has 2 aliphatic heterocycles. The molecule has 3 amide bonds. The number of urea groups is 1. The number of hydrogen-bond donors (Lipinski definition) is 1. The third-order valence-corrected chi connectivity index (χ3v) is 5.23. The van der Waals surface area contributed by atoms with Crippen molar-refractivity contribution >= 4 is 11.9 Å². The van der Waals surface area contributed by atoms with Crippen molar-refractivity contribution in [2.24, 2.45) is 0 Å². The smallest absolute Gasteiger partial charge is 0.325 e. The molecule has 2 aromatic carbocycles. The predicted octanol–water partition coefficient (Wildman–Crippen LogP) is 2.91. The third kappa shape index (κ3) is 2.81. The number of imide groups is 1. The van der Waals surface area contributed by atoms with Gasteiger partial charge in [0.1, 0.15) is 18.1 Å². The minimum atomic E-state index is -1.04. The van der Waals surface area contributed by atoms with Crippen molar-refractivity contribution in [2.75, 3.05) is 19.8 Å². The fourth-order valence-electron chi connectivity index (χ4n) is 3.84. The van der Waals surface area contributed by atoms with Crippen LogP contribution in [0.2, 0.25) is 0 Å². The van der Waals surface area contributed by atoms with Crippen molar-refractivity contribution in [3.63, 3.8) is 0 Å². The maximum absolute atomic E-state index is 13.2. The maximum atomic E-state index is 13.2. The second-order valence-corrected chi connectivity index (χ2v) is 6.96. The fourth-order valence-corrected chi connectivity index (χ4v) is 3.84. The summed E-state index contributed by atoms with van der Waals surface area (Å²) in [5, 5.41) is 2.90. The fraction of sp³-hybridized carbons (Fsp3) is 0.333. The Morgan fingerprint density at radius 1 is 1.11 bits per heavy atom. The molecular formula is C21H22N2O4. The summed E-state index contributed by atoms with van der Waals surface area (Å²) in [6.45, 7) is 4.78. The van der Waals surface area contributed by atoms with E-state index in [-0.39, 0.29) is 25.1 Å². The summed E-state index contributed by atoms with van der Waals surface area (Å²) in [7, 11) is 0. The van der Waals surface area contributed by atoms with Gasteiger partial charge in [-0.25, -0.2) is 4.79 Å². The van der Waals surface area contributed by atoms with Gasteiger partial charge >= 0.3 is 6.03 Å². The number of hydrogen-bond acceptors (Lipinski definition) is 4. The average Bonchev–Trinajstić information content (AvgIpc) is 2.89. The molecule has 2 aliphatic rings. The van der Waals surface area contributed by atoms with Crippen molar-refractivity contribution in [2.45, 2.75) is 25.8 Å². The Labute approximate surface area is 158 Å². The number of rotatable bonds is 4. The van der Waals surface area contributed by atoms with Crippen LogP contribution in [0.3, 0.4) is 0 Å². The van der Waals surface area contributed by atoms with Gasteiger partial charge in [-0.3, -0.25) is 9.69 Å². The van der Waals surface area contributed by atoms with E-state index in [9.17, 15) is 9.59 Å². The highest BCUT2D eigenvalue weighted by Gasteiger charge is 2.54. The molecule has 1 fully saturated rings. The molecule has 0 aromatic heterocycles. The van der Waals surface area contributed by atoms with Gasteiger partial charge in [-0.2, -0.15) is 0 Å². The number of ether oxygens (including phenoxy) is 2. The molecule has 1 spiro atoms. The number of benzene rings is 2. The first-order valence-electron chi connectivity index (χ1n) is 9.08. The van der Waals surface area contributed by atoms with E-state index in [4.69, 9.17) is 9.47 Å². The van der Waals surface area contributed by atoms with Crippen molar-refractivity contribution < 1.29 is 19.1 Å². The van der Waals surface area contributed by atoms with Crippen LogP contribution < -0.4 is 14.8 Å². The predicted molar refractivity (Wildman–Crippen MR) is 99.9 cm³/mol. The van der Waals surface area contributed by atoms with Crippen LogP contribution in [0.25, 0.3) is 0 Å². The number of carbonyl (C=O) groups excluding carboxylic acids is 2. The van der Waals surface area contributed by atoms with Crippen molar-refractivity contribution in [3.05, 3.63) is 59.2 Å². The molecule has 0 unspecified atom stereocenters. The van der Waals surface area contributed by atoms with E-state index in [1.165, 1.54) is 4.90 Å². The van der Waals surface area contributed by atoms with E-state index in [2.05, 4.69) is 5.32 Å². The number of nitrogens with zero attached hydrogens (tertiary/aromatic N) is 1. The Hall–Kier alpha value is -3.02. The minimum absolute atomic E-state index is 0.198. The number of fused-ring (bicyclic) bond motifs is 2. The molecule has 1 N–H and O–H groups in total. The summed E-state index contributed by atoms with van der Waals surface area (Å²) in [5.74, 6) is 1.20. The van der Waals surface area contributed by atoms with Gasteiger partial charge in [0.05, 0.1) is 13.2 Å².